The van der Waals surface area contributed by atoms with Gasteiger partial charge in [-0.15, -0.1) is 0 Å². The Morgan fingerprint density at radius 1 is 1.40 bits per heavy atom. The van der Waals surface area contributed by atoms with Crippen LogP contribution in [0.15, 0.2) is 0 Å². The molecule has 1 saturated heterocycles. The van der Waals surface area contributed by atoms with Crippen molar-refractivity contribution in [1.29, 1.82) is 0 Å². The number of nitrogens with one attached hydrogen (secondary N) is 2. The molecule has 2 N–H and O–H groups in total. The normalized spacial score (nSPS) is 20.3. The summed E-state index contributed by atoms with van der Waals surface area (Å²) in [5.41, 5.74) is -0.674. The van der Waals surface area contributed by atoms with Crippen molar-refractivity contribution in [2.24, 2.45) is 5.92 Å². The number of amides is 3. The third-order valence-electron chi connectivity index (χ3n) is 2.75. The van der Waals surface area contributed by atoms with Crippen molar-refractivity contribution in [2.45, 2.75) is 52.2 Å². The second kappa shape index (κ2) is 6.02. The smallest absolute Gasteiger partial charge is 0.408 e. The lowest BCUT2D eigenvalue weighted by atomic mass is 9.95. The molecule has 0 saturated carbocycles. The van der Waals surface area contributed by atoms with Gasteiger partial charge < -0.3 is 10.1 Å². The van der Waals surface area contributed by atoms with E-state index in [4.69, 9.17) is 4.74 Å². The summed E-state index contributed by atoms with van der Waals surface area (Å²) in [6, 6.07) is -0.841. The highest BCUT2D eigenvalue weighted by atomic mass is 16.6. The van der Waals surface area contributed by atoms with Crippen LogP contribution >= 0.6 is 0 Å². The number of carbonyl (C=O) groups excluding carboxylic acids is 4. The highest BCUT2D eigenvalue weighted by Gasteiger charge is 2.39. The Kier molecular flexibility index (Phi) is 4.86. The van der Waals surface area contributed by atoms with Crippen LogP contribution in [0.2, 0.25) is 0 Å². The Morgan fingerprint density at radius 2 is 2.00 bits per heavy atom. The molecule has 1 fully saturated rings. The zero-order valence-corrected chi connectivity index (χ0v) is 12.1. The van der Waals surface area contributed by atoms with Gasteiger partial charge in [-0.05, 0) is 27.2 Å². The molecule has 1 heterocycles. The van der Waals surface area contributed by atoms with Gasteiger partial charge in [-0.3, -0.25) is 19.7 Å². The van der Waals surface area contributed by atoms with Crippen LogP contribution < -0.4 is 10.6 Å². The topological polar surface area (TPSA) is 102 Å². The summed E-state index contributed by atoms with van der Waals surface area (Å²) in [4.78, 5) is 46.3. The fraction of sp³-hybridized carbons (Fsp3) is 0.692. The van der Waals surface area contributed by atoms with Crippen LogP contribution in [0.5, 0.6) is 0 Å². The summed E-state index contributed by atoms with van der Waals surface area (Å²) >= 11 is 0. The van der Waals surface area contributed by atoms with E-state index < -0.39 is 41.3 Å². The van der Waals surface area contributed by atoms with Crippen molar-refractivity contribution in [2.75, 3.05) is 0 Å². The highest BCUT2D eigenvalue weighted by molar-refractivity contribution is 6.15. The van der Waals surface area contributed by atoms with E-state index >= 15 is 0 Å². The van der Waals surface area contributed by atoms with Crippen molar-refractivity contribution in [3.8, 4) is 0 Å². The minimum atomic E-state index is -1.03. The van der Waals surface area contributed by atoms with E-state index in [-0.39, 0.29) is 6.42 Å². The van der Waals surface area contributed by atoms with Gasteiger partial charge in [0.05, 0.1) is 6.04 Å². The van der Waals surface area contributed by atoms with Gasteiger partial charge in [-0.2, -0.15) is 0 Å². The third-order valence-corrected chi connectivity index (χ3v) is 2.75. The van der Waals surface area contributed by atoms with Gasteiger partial charge in [-0.1, -0.05) is 6.92 Å². The summed E-state index contributed by atoms with van der Waals surface area (Å²) < 4.78 is 5.06. The molecule has 3 amide bonds. The van der Waals surface area contributed by atoms with E-state index in [1.54, 1.807) is 27.7 Å². The number of carbonyl (C=O) groups is 4. The van der Waals surface area contributed by atoms with Crippen molar-refractivity contribution in [1.82, 2.24) is 10.6 Å². The third kappa shape index (κ3) is 4.32. The van der Waals surface area contributed by atoms with Gasteiger partial charge in [0.2, 0.25) is 11.8 Å². The van der Waals surface area contributed by atoms with E-state index in [0.717, 1.165) is 0 Å². The minimum Gasteiger partial charge on any atom is -0.444 e. The molecule has 112 valence electrons. The van der Waals surface area contributed by atoms with Crippen molar-refractivity contribution >= 4 is 23.7 Å². The van der Waals surface area contributed by atoms with E-state index in [9.17, 15) is 19.2 Å². The Labute approximate surface area is 117 Å². The molecule has 0 aromatic rings. The maximum atomic E-state index is 12.2. The molecule has 1 aliphatic heterocycles. The molecule has 0 bridgehead atoms. The maximum Gasteiger partial charge on any atom is 0.408 e. The number of hydrogen-bond acceptors (Lipinski definition) is 5. The number of Topliss-reactive ketones (excluding diaryl/α,β-unsaturated/α-hetero) is 1. The van der Waals surface area contributed by atoms with Crippen LogP contribution in [-0.2, 0) is 19.1 Å². The second-order valence-electron chi connectivity index (χ2n) is 5.68. The number of alkyl carbamates (subject to hydrolysis) is 1. The van der Waals surface area contributed by atoms with Crippen LogP contribution in [0.1, 0.15) is 40.5 Å². The van der Waals surface area contributed by atoms with Gasteiger partial charge in [0.25, 0.3) is 0 Å². The number of ether oxygens (including phenoxy) is 1. The van der Waals surface area contributed by atoms with Gasteiger partial charge in [0.15, 0.2) is 5.78 Å². The monoisotopic (exact) mass is 284 g/mol. The molecule has 2 atom stereocenters. The minimum absolute atomic E-state index is 0.163. The van der Waals surface area contributed by atoms with Crippen molar-refractivity contribution in [3.05, 3.63) is 0 Å². The Morgan fingerprint density at radius 3 is 2.40 bits per heavy atom. The average molecular weight is 284 g/mol. The Bertz CT molecular complexity index is 439. The molecular formula is C13H20N2O5. The number of hydrogen-bond donors (Lipinski definition) is 2. The van der Waals surface area contributed by atoms with Crippen LogP contribution in [-0.4, -0.2) is 35.3 Å². The maximum absolute atomic E-state index is 12.2. The van der Waals surface area contributed by atoms with Gasteiger partial charge >= 0.3 is 6.09 Å². The van der Waals surface area contributed by atoms with E-state index in [0.29, 0.717) is 6.42 Å². The van der Waals surface area contributed by atoms with E-state index in [1.807, 2.05) is 0 Å². The molecule has 0 spiro atoms. The van der Waals surface area contributed by atoms with Crippen molar-refractivity contribution in [3.63, 3.8) is 0 Å². The van der Waals surface area contributed by atoms with Crippen LogP contribution in [0.4, 0.5) is 4.79 Å². The molecule has 0 aliphatic carbocycles. The predicted molar refractivity (Wildman–Crippen MR) is 69.7 cm³/mol. The lowest BCUT2D eigenvalue weighted by molar-refractivity contribution is -0.133. The molecule has 20 heavy (non-hydrogen) atoms. The predicted octanol–water partition coefficient (Wildman–Crippen LogP) is 0.522. The highest BCUT2D eigenvalue weighted by Crippen LogP contribution is 2.16. The molecule has 0 unspecified atom stereocenters. The first-order valence-electron chi connectivity index (χ1n) is 6.51. The first-order chi connectivity index (χ1) is 9.14. The SMILES string of the molecule is CC[C@H](NC(=O)OC(C)(C)C)C(=O)[C@H]1CC(=O)NC1=O. The number of ketones is 1. The Hall–Kier alpha value is -1.92. The summed E-state index contributed by atoms with van der Waals surface area (Å²) in [5.74, 6) is -2.57. The molecular weight excluding hydrogens is 264 g/mol. The lowest BCUT2D eigenvalue weighted by Gasteiger charge is -2.23. The molecule has 1 aliphatic rings. The van der Waals surface area contributed by atoms with Gasteiger partial charge in [0.1, 0.15) is 11.5 Å². The first-order valence-corrected chi connectivity index (χ1v) is 6.51. The number of rotatable bonds is 4. The molecule has 0 radical (unpaired) electrons. The molecule has 7 nitrogen and oxygen atoms in total. The summed E-state index contributed by atoms with van der Waals surface area (Å²) in [7, 11) is 0. The fourth-order valence-electron chi connectivity index (χ4n) is 1.85. The van der Waals surface area contributed by atoms with Gasteiger partial charge in [0, 0.05) is 6.42 Å². The Balaban J connectivity index is 2.66. The molecule has 1 rings (SSSR count). The van der Waals surface area contributed by atoms with Gasteiger partial charge in [-0.25, -0.2) is 4.79 Å². The standard InChI is InChI=1S/C13H20N2O5/c1-5-8(14-12(19)20-13(2,3)4)10(17)7-6-9(16)15-11(7)18/h7-8H,5-6H2,1-4H3,(H,14,19)(H,15,16,18)/t7-,8+/m1/s1. The van der Waals surface area contributed by atoms with Crippen LogP contribution in [0.25, 0.3) is 0 Å². The fourth-order valence-corrected chi connectivity index (χ4v) is 1.85. The number of imide groups is 1. The molecule has 0 aromatic carbocycles. The zero-order valence-electron chi connectivity index (χ0n) is 12.1. The molecule has 7 heteroatoms. The summed E-state index contributed by atoms with van der Waals surface area (Å²) in [5, 5.41) is 4.51. The average Bonchev–Trinajstić information content (AvgIpc) is 2.62. The zero-order chi connectivity index (χ0) is 15.5. The van der Waals surface area contributed by atoms with Crippen LogP contribution in [0.3, 0.4) is 0 Å². The second-order valence-corrected chi connectivity index (χ2v) is 5.68. The van der Waals surface area contributed by atoms with E-state index in [1.165, 1.54) is 0 Å². The first kappa shape index (κ1) is 16.1. The van der Waals surface area contributed by atoms with E-state index in [2.05, 4.69) is 10.6 Å². The molecule has 0 aromatic heterocycles. The summed E-state index contributed by atoms with van der Waals surface area (Å²) in [6.07, 6.45) is -0.567. The quantitative estimate of drug-likeness (QED) is 0.579. The van der Waals surface area contributed by atoms with Crippen molar-refractivity contribution < 1.29 is 23.9 Å². The van der Waals surface area contributed by atoms with Crippen LogP contribution in [0, 0.1) is 5.92 Å². The largest absolute Gasteiger partial charge is 0.444 e. The summed E-state index contributed by atoms with van der Waals surface area (Å²) in [6.45, 7) is 6.82. The lowest BCUT2D eigenvalue weighted by Crippen LogP contribution is -2.46.